The molecule has 0 saturated carbocycles. The van der Waals surface area contributed by atoms with Crippen LogP contribution in [0.25, 0.3) is 0 Å². The zero-order chi connectivity index (χ0) is 3.58. The Kier molecular flexibility index (Phi) is 25.2. The Labute approximate surface area is 88.0 Å². The number of rotatable bonds is 0. The van der Waals surface area contributed by atoms with Gasteiger partial charge >= 0.3 is 57.5 Å². The van der Waals surface area contributed by atoms with Crippen LogP contribution in [0, 0.1) is 0 Å². The van der Waals surface area contributed by atoms with Crippen molar-refractivity contribution in [2.45, 2.75) is 0 Å². The quantitative estimate of drug-likeness (QED) is 0.469. The van der Waals surface area contributed by atoms with Gasteiger partial charge in [-0.1, -0.05) is 0 Å². The standard InChI is InChI=1S/CH2O3.K.Mn.H/c2-1(3)4;;;/h(H2,2,3,4);;;. The maximum absolute atomic E-state index is 8.56. The molecule has 0 atom stereocenters. The van der Waals surface area contributed by atoms with Crippen molar-refractivity contribution in [3.8, 4) is 0 Å². The van der Waals surface area contributed by atoms with Crippen molar-refractivity contribution in [1.82, 2.24) is 0 Å². The van der Waals surface area contributed by atoms with Crippen LogP contribution >= 0.6 is 0 Å². The van der Waals surface area contributed by atoms with Crippen molar-refractivity contribution in [3.05, 3.63) is 0 Å². The Hall–Kier alpha value is 1.43. The van der Waals surface area contributed by atoms with Gasteiger partial charge in [-0.15, -0.1) is 0 Å². The minimum Gasteiger partial charge on any atom is 0 e. The Morgan fingerprint density at radius 3 is 1.33 bits per heavy atom. The summed E-state index contributed by atoms with van der Waals surface area (Å²) in [5.41, 5.74) is 0. The predicted molar refractivity (Wildman–Crippen MR) is 17.8 cm³/mol. The molecule has 0 aromatic carbocycles. The fraction of sp³-hybridized carbons (Fsp3) is 0. The zero-order valence-electron chi connectivity index (χ0n) is 2.18. The molecule has 0 aliphatic carbocycles. The van der Waals surface area contributed by atoms with Crippen molar-refractivity contribution in [1.29, 1.82) is 0 Å². The summed E-state index contributed by atoms with van der Waals surface area (Å²) in [6.45, 7) is 0. The number of hydrogen-bond donors (Lipinski definition) is 2. The van der Waals surface area contributed by atoms with E-state index in [1.54, 1.807) is 0 Å². The van der Waals surface area contributed by atoms with Crippen LogP contribution < -0.4 is 0 Å². The Morgan fingerprint density at radius 1 is 1.33 bits per heavy atom. The third kappa shape index (κ3) is 52.3. The average Bonchev–Trinajstić information content (AvgIpc) is 0.811. The fourth-order valence-electron chi connectivity index (χ4n) is 0. The van der Waals surface area contributed by atoms with Crippen molar-refractivity contribution in [3.63, 3.8) is 0 Å². The van der Waals surface area contributed by atoms with E-state index in [0.717, 1.165) is 0 Å². The number of carboxylic acid groups (broad SMARTS) is 2. The zero-order valence-corrected chi connectivity index (χ0v) is 3.36. The number of carbonyl (C=O) groups is 1. The summed E-state index contributed by atoms with van der Waals surface area (Å²) in [6.07, 6.45) is -1.83. The largest absolute Gasteiger partial charge is 0 e. The van der Waals surface area contributed by atoms with Gasteiger partial charge in [-0.3, -0.25) is 0 Å². The van der Waals surface area contributed by atoms with Crippen molar-refractivity contribution in [2.75, 3.05) is 0 Å². The van der Waals surface area contributed by atoms with Gasteiger partial charge in [0.15, 0.2) is 0 Å². The summed E-state index contributed by atoms with van der Waals surface area (Å²) >= 11 is 0. The van der Waals surface area contributed by atoms with E-state index in [0.29, 0.717) is 0 Å². The van der Waals surface area contributed by atoms with Crippen LogP contribution in [-0.2, 0) is 17.1 Å². The average molecular weight is 157 g/mol. The summed E-state index contributed by atoms with van der Waals surface area (Å²) < 4.78 is 0. The molecule has 33 valence electrons. The first-order valence-corrected chi connectivity index (χ1v) is 0.651. The van der Waals surface area contributed by atoms with E-state index in [1.165, 1.54) is 0 Å². The van der Waals surface area contributed by atoms with Gasteiger partial charge < -0.3 is 10.2 Å². The Morgan fingerprint density at radius 2 is 1.33 bits per heavy atom. The van der Waals surface area contributed by atoms with Crippen molar-refractivity contribution >= 4 is 57.5 Å². The Balaban J connectivity index is -0.0000000450. The molecule has 0 heterocycles. The molecule has 0 rings (SSSR count). The fourth-order valence-corrected chi connectivity index (χ4v) is 0. The Bertz CT molecular complexity index is 33.8. The van der Waals surface area contributed by atoms with Crippen molar-refractivity contribution < 1.29 is 32.1 Å². The molecule has 0 spiro atoms. The third-order valence-electron chi connectivity index (χ3n) is 0. The minimum atomic E-state index is -1.83. The topological polar surface area (TPSA) is 57.5 Å². The van der Waals surface area contributed by atoms with Gasteiger partial charge in [0.25, 0.3) is 0 Å². The molecule has 6 heavy (non-hydrogen) atoms. The summed E-state index contributed by atoms with van der Waals surface area (Å²) in [4.78, 5) is 8.56. The molecular formula is CH3KMnO3. The molecule has 0 amide bonds. The second kappa shape index (κ2) is 9.66. The summed E-state index contributed by atoms with van der Waals surface area (Å²) in [5.74, 6) is 0. The first-order chi connectivity index (χ1) is 1.73. The van der Waals surface area contributed by atoms with Gasteiger partial charge in [-0.05, 0) is 0 Å². The molecule has 5 heteroatoms. The van der Waals surface area contributed by atoms with E-state index >= 15 is 0 Å². The smallest absolute Gasteiger partial charge is 0 e. The molecule has 1 radical (unpaired) electrons. The maximum Gasteiger partial charge on any atom is 0 e. The first kappa shape index (κ1) is 15.7. The molecule has 0 saturated heterocycles. The van der Waals surface area contributed by atoms with Crippen molar-refractivity contribution in [2.24, 2.45) is 0 Å². The maximum atomic E-state index is 8.56. The summed E-state index contributed by atoms with van der Waals surface area (Å²) in [5, 5.41) is 13.9. The molecule has 0 bridgehead atoms. The van der Waals surface area contributed by atoms with Gasteiger partial charge in [-0.2, -0.15) is 0 Å². The van der Waals surface area contributed by atoms with Gasteiger partial charge in [-0.25, -0.2) is 4.79 Å². The normalized spacial score (nSPS) is 4.00. The van der Waals surface area contributed by atoms with Crippen LogP contribution in [0.15, 0.2) is 0 Å². The SMILES string of the molecule is O=C(O)O.[KH].[Mn]. The second-order valence-electron chi connectivity index (χ2n) is 0.283. The van der Waals surface area contributed by atoms with Crippen LogP contribution in [0.4, 0.5) is 4.79 Å². The molecule has 0 aromatic rings. The van der Waals surface area contributed by atoms with E-state index in [9.17, 15) is 0 Å². The van der Waals surface area contributed by atoms with E-state index in [-0.39, 0.29) is 68.5 Å². The van der Waals surface area contributed by atoms with Crippen LogP contribution in [0.5, 0.6) is 0 Å². The summed E-state index contributed by atoms with van der Waals surface area (Å²) in [7, 11) is 0. The minimum absolute atomic E-state index is 0. The molecule has 3 nitrogen and oxygen atoms in total. The van der Waals surface area contributed by atoms with Crippen LogP contribution in [0.2, 0.25) is 0 Å². The van der Waals surface area contributed by atoms with E-state index in [1.807, 2.05) is 0 Å². The van der Waals surface area contributed by atoms with Gasteiger partial charge in [0.1, 0.15) is 0 Å². The predicted octanol–water partition coefficient (Wildman–Crippen LogP) is -0.429. The molecule has 0 fully saturated rings. The van der Waals surface area contributed by atoms with E-state index < -0.39 is 6.16 Å². The van der Waals surface area contributed by atoms with E-state index in [2.05, 4.69) is 0 Å². The molecule has 2 N–H and O–H groups in total. The molecular weight excluding hydrogens is 154 g/mol. The van der Waals surface area contributed by atoms with Crippen LogP contribution in [0.1, 0.15) is 0 Å². The van der Waals surface area contributed by atoms with Crippen LogP contribution in [-0.4, -0.2) is 67.8 Å². The molecule has 0 aromatic heterocycles. The monoisotopic (exact) mass is 157 g/mol. The van der Waals surface area contributed by atoms with Gasteiger partial charge in [0.05, 0.1) is 0 Å². The first-order valence-electron chi connectivity index (χ1n) is 0.651. The number of hydrogen-bond acceptors (Lipinski definition) is 1. The molecule has 0 aliphatic rings. The summed E-state index contributed by atoms with van der Waals surface area (Å²) in [6, 6.07) is 0. The molecule has 0 unspecified atom stereocenters. The van der Waals surface area contributed by atoms with Crippen LogP contribution in [0.3, 0.4) is 0 Å². The molecule has 0 aliphatic heterocycles. The van der Waals surface area contributed by atoms with Gasteiger partial charge in [0, 0.05) is 17.1 Å². The second-order valence-corrected chi connectivity index (χ2v) is 0.283. The van der Waals surface area contributed by atoms with Gasteiger partial charge in [0.2, 0.25) is 0 Å². The van der Waals surface area contributed by atoms with E-state index in [4.69, 9.17) is 15.0 Å². The third-order valence-corrected chi connectivity index (χ3v) is 0.